The van der Waals surface area contributed by atoms with Gasteiger partial charge in [-0.3, -0.25) is 4.90 Å². The van der Waals surface area contributed by atoms with Crippen molar-refractivity contribution in [1.29, 1.82) is 0 Å². The number of methoxy groups -OCH3 is 1. The van der Waals surface area contributed by atoms with Gasteiger partial charge in [-0.1, -0.05) is 0 Å². The number of β-amino-alcohol motifs (C(OH)–C–C–N with tert-alkyl or cyclic N) is 1. The van der Waals surface area contributed by atoms with E-state index < -0.39 is 0 Å². The Bertz CT molecular complexity index is 332. The van der Waals surface area contributed by atoms with Gasteiger partial charge < -0.3 is 25.2 Å². The van der Waals surface area contributed by atoms with Crippen LogP contribution >= 0.6 is 0 Å². The Morgan fingerprint density at radius 2 is 2.13 bits per heavy atom. The quantitative estimate of drug-likeness (QED) is 0.595. The van der Waals surface area contributed by atoms with Crippen LogP contribution in [0.25, 0.3) is 0 Å². The van der Waals surface area contributed by atoms with Crippen molar-refractivity contribution < 1.29 is 14.6 Å². The van der Waals surface area contributed by atoms with Gasteiger partial charge in [-0.25, -0.2) is 0 Å². The molecule has 23 heavy (non-hydrogen) atoms. The van der Waals surface area contributed by atoms with E-state index in [0.29, 0.717) is 19.4 Å². The number of aliphatic hydroxyl groups excluding tert-OH is 1. The molecule has 0 bridgehead atoms. The second-order valence-corrected chi connectivity index (χ2v) is 7.26. The number of aliphatic hydroxyl groups is 1. The highest BCUT2D eigenvalue weighted by Crippen LogP contribution is 2.37. The molecule has 1 heterocycles. The van der Waals surface area contributed by atoms with Gasteiger partial charge in [0.25, 0.3) is 0 Å². The lowest BCUT2D eigenvalue weighted by Gasteiger charge is -2.44. The number of ether oxygens (including phenoxy) is 2. The van der Waals surface area contributed by atoms with Gasteiger partial charge >= 0.3 is 0 Å². The molecule has 0 aromatic heterocycles. The number of piperidine rings is 1. The van der Waals surface area contributed by atoms with Crippen molar-refractivity contribution in [2.24, 2.45) is 17.6 Å². The Hall–Kier alpha value is -0.240. The lowest BCUT2D eigenvalue weighted by Crippen LogP contribution is -2.47. The summed E-state index contributed by atoms with van der Waals surface area (Å²) in [5.74, 6) is 1.56. The molecule has 2 fully saturated rings. The summed E-state index contributed by atoms with van der Waals surface area (Å²) in [5, 5.41) is 9.73. The lowest BCUT2D eigenvalue weighted by atomic mass is 9.74. The summed E-state index contributed by atoms with van der Waals surface area (Å²) in [6, 6.07) is 0. The molecule has 0 aromatic carbocycles. The molecular formula is C17H35N3O3. The topological polar surface area (TPSA) is 71.2 Å². The number of fused-ring (bicyclic) bond motifs is 1. The maximum atomic E-state index is 9.73. The second kappa shape index (κ2) is 9.91. The Labute approximate surface area is 140 Å². The van der Waals surface area contributed by atoms with E-state index in [1.165, 1.54) is 25.7 Å². The number of likely N-dealkylation sites (N-methyl/N-ethyl adjacent to an activating group) is 1. The normalized spacial score (nSPS) is 30.4. The van der Waals surface area contributed by atoms with Crippen LogP contribution in [-0.4, -0.2) is 87.3 Å². The monoisotopic (exact) mass is 329 g/mol. The fourth-order valence-electron chi connectivity index (χ4n) is 4.00. The van der Waals surface area contributed by atoms with Gasteiger partial charge in [0.15, 0.2) is 0 Å². The average Bonchev–Trinajstić information content (AvgIpc) is 2.55. The zero-order valence-corrected chi connectivity index (χ0v) is 14.8. The predicted octanol–water partition coefficient (Wildman–Crippen LogP) is 0.349. The highest BCUT2D eigenvalue weighted by atomic mass is 16.5. The third kappa shape index (κ3) is 6.29. The summed E-state index contributed by atoms with van der Waals surface area (Å²) in [5.41, 5.74) is 5.52. The third-order valence-electron chi connectivity index (χ3n) is 5.32. The Kier molecular flexibility index (Phi) is 8.23. The summed E-state index contributed by atoms with van der Waals surface area (Å²) in [7, 11) is 3.77. The molecule has 0 amide bonds. The van der Waals surface area contributed by atoms with E-state index in [4.69, 9.17) is 15.2 Å². The number of nitrogens with two attached hydrogens (primary N) is 1. The molecule has 2 unspecified atom stereocenters. The van der Waals surface area contributed by atoms with Crippen LogP contribution in [0, 0.1) is 11.8 Å². The Morgan fingerprint density at radius 3 is 2.87 bits per heavy atom. The van der Waals surface area contributed by atoms with Crippen LogP contribution in [0.2, 0.25) is 0 Å². The minimum atomic E-state index is -0.379. The van der Waals surface area contributed by atoms with Crippen molar-refractivity contribution >= 4 is 0 Å². The molecule has 1 aliphatic heterocycles. The van der Waals surface area contributed by atoms with Crippen LogP contribution in [-0.2, 0) is 9.47 Å². The van der Waals surface area contributed by atoms with Gasteiger partial charge in [-0.05, 0) is 51.1 Å². The highest BCUT2D eigenvalue weighted by molar-refractivity contribution is 4.87. The van der Waals surface area contributed by atoms with E-state index in [9.17, 15) is 5.11 Å². The standard InChI is InChI=1S/C17H35N3O3/c1-19(13-22-2)7-8-23-17-4-3-15-11-20(12-16(21)10-18)6-5-14(15)9-17/h14-17,21H,3-13,18H2,1-2H3/t14?,15-,16+,17?/m1/s1. The van der Waals surface area contributed by atoms with Crippen LogP contribution in [0.3, 0.4) is 0 Å². The van der Waals surface area contributed by atoms with Crippen molar-refractivity contribution in [3.05, 3.63) is 0 Å². The highest BCUT2D eigenvalue weighted by Gasteiger charge is 2.35. The van der Waals surface area contributed by atoms with Crippen molar-refractivity contribution in [3.8, 4) is 0 Å². The van der Waals surface area contributed by atoms with Gasteiger partial charge in [0, 0.05) is 33.3 Å². The molecule has 1 saturated carbocycles. The van der Waals surface area contributed by atoms with Crippen LogP contribution in [0.5, 0.6) is 0 Å². The van der Waals surface area contributed by atoms with Gasteiger partial charge in [-0.15, -0.1) is 0 Å². The molecule has 0 spiro atoms. The maximum absolute atomic E-state index is 9.73. The molecule has 6 heteroatoms. The third-order valence-corrected chi connectivity index (χ3v) is 5.32. The van der Waals surface area contributed by atoms with Crippen molar-refractivity contribution in [3.63, 3.8) is 0 Å². The zero-order chi connectivity index (χ0) is 16.7. The number of nitrogens with zero attached hydrogens (tertiary/aromatic N) is 2. The first-order valence-corrected chi connectivity index (χ1v) is 9.02. The van der Waals surface area contributed by atoms with E-state index >= 15 is 0 Å². The van der Waals surface area contributed by atoms with Gasteiger partial charge in [0.05, 0.1) is 25.5 Å². The van der Waals surface area contributed by atoms with E-state index in [1.54, 1.807) is 7.11 Å². The first-order chi connectivity index (χ1) is 11.1. The van der Waals surface area contributed by atoms with E-state index in [-0.39, 0.29) is 6.10 Å². The molecule has 1 saturated heterocycles. The molecule has 4 atom stereocenters. The smallest absolute Gasteiger partial charge is 0.0984 e. The molecular weight excluding hydrogens is 294 g/mol. The Morgan fingerprint density at radius 1 is 1.30 bits per heavy atom. The minimum Gasteiger partial charge on any atom is -0.390 e. The van der Waals surface area contributed by atoms with Gasteiger partial charge in [0.2, 0.25) is 0 Å². The Balaban J connectivity index is 1.66. The molecule has 2 aliphatic rings. The summed E-state index contributed by atoms with van der Waals surface area (Å²) in [4.78, 5) is 4.52. The van der Waals surface area contributed by atoms with E-state index in [1.807, 2.05) is 0 Å². The lowest BCUT2D eigenvalue weighted by molar-refractivity contribution is -0.0392. The zero-order valence-electron chi connectivity index (χ0n) is 14.8. The average molecular weight is 329 g/mol. The molecule has 2 rings (SSSR count). The summed E-state index contributed by atoms with van der Waals surface area (Å²) >= 11 is 0. The van der Waals surface area contributed by atoms with Crippen molar-refractivity contribution in [2.75, 3.05) is 60.2 Å². The summed E-state index contributed by atoms with van der Waals surface area (Å²) in [6.07, 6.45) is 4.89. The maximum Gasteiger partial charge on any atom is 0.0984 e. The summed E-state index contributed by atoms with van der Waals surface area (Å²) in [6.45, 7) is 5.65. The number of rotatable bonds is 9. The summed E-state index contributed by atoms with van der Waals surface area (Å²) < 4.78 is 11.2. The van der Waals surface area contributed by atoms with Gasteiger partial charge in [0.1, 0.15) is 0 Å². The van der Waals surface area contributed by atoms with Crippen molar-refractivity contribution in [1.82, 2.24) is 9.80 Å². The molecule has 0 radical (unpaired) electrons. The molecule has 1 aliphatic carbocycles. The van der Waals surface area contributed by atoms with E-state index in [2.05, 4.69) is 16.8 Å². The molecule has 3 N–H and O–H groups in total. The molecule has 6 nitrogen and oxygen atoms in total. The van der Waals surface area contributed by atoms with Crippen LogP contribution in [0.4, 0.5) is 0 Å². The van der Waals surface area contributed by atoms with Crippen LogP contribution in [0.15, 0.2) is 0 Å². The second-order valence-electron chi connectivity index (χ2n) is 7.26. The van der Waals surface area contributed by atoms with Crippen LogP contribution in [0.1, 0.15) is 25.7 Å². The fraction of sp³-hybridized carbons (Fsp3) is 1.00. The first kappa shape index (κ1) is 19.1. The molecule has 0 aromatic rings. The van der Waals surface area contributed by atoms with Gasteiger partial charge in [-0.2, -0.15) is 0 Å². The fourth-order valence-corrected chi connectivity index (χ4v) is 4.00. The minimum absolute atomic E-state index is 0.359. The van der Waals surface area contributed by atoms with Crippen molar-refractivity contribution in [2.45, 2.75) is 37.9 Å². The SMILES string of the molecule is COCN(C)CCOC1CC[C@@H]2CN(C[C@@H](O)CN)CCC2C1. The molecule has 136 valence electrons. The first-order valence-electron chi connectivity index (χ1n) is 9.02. The van der Waals surface area contributed by atoms with Crippen LogP contribution < -0.4 is 5.73 Å². The largest absolute Gasteiger partial charge is 0.390 e. The number of hydrogen-bond donors (Lipinski definition) is 2. The number of likely N-dealkylation sites (tertiary alicyclic amines) is 1. The number of hydrogen-bond acceptors (Lipinski definition) is 6. The van der Waals surface area contributed by atoms with E-state index in [0.717, 1.165) is 44.6 Å². The predicted molar refractivity (Wildman–Crippen MR) is 91.2 cm³/mol.